The summed E-state index contributed by atoms with van der Waals surface area (Å²) in [6.07, 6.45) is 9.06. The SMILES string of the molecule is NC1C2CCCC1CC(C(=O)NC1(c3ccccc3)CCC1)C2. The van der Waals surface area contributed by atoms with Gasteiger partial charge in [-0.25, -0.2) is 0 Å². The number of amides is 1. The van der Waals surface area contributed by atoms with E-state index in [2.05, 4.69) is 29.6 Å². The fraction of sp³-hybridized carbons (Fsp3) is 0.650. The molecule has 0 saturated heterocycles. The average molecular weight is 312 g/mol. The van der Waals surface area contributed by atoms with Crippen LogP contribution in [0.2, 0.25) is 0 Å². The molecule has 2 bridgehead atoms. The van der Waals surface area contributed by atoms with Crippen molar-refractivity contribution in [1.82, 2.24) is 5.32 Å². The molecule has 1 amide bonds. The first kappa shape index (κ1) is 15.2. The maximum absolute atomic E-state index is 13.0. The minimum Gasteiger partial charge on any atom is -0.346 e. The number of fused-ring (bicyclic) bond motifs is 2. The van der Waals surface area contributed by atoms with Gasteiger partial charge in [0.25, 0.3) is 0 Å². The van der Waals surface area contributed by atoms with Crippen molar-refractivity contribution in [2.45, 2.75) is 62.9 Å². The first-order valence-corrected chi connectivity index (χ1v) is 9.31. The Labute approximate surface area is 139 Å². The van der Waals surface area contributed by atoms with Gasteiger partial charge in [-0.15, -0.1) is 0 Å². The highest BCUT2D eigenvalue weighted by molar-refractivity contribution is 5.80. The van der Waals surface area contributed by atoms with Gasteiger partial charge in [0.1, 0.15) is 0 Å². The lowest BCUT2D eigenvalue weighted by Gasteiger charge is -2.47. The van der Waals surface area contributed by atoms with E-state index in [-0.39, 0.29) is 17.4 Å². The summed E-state index contributed by atoms with van der Waals surface area (Å²) < 4.78 is 0. The van der Waals surface area contributed by atoms with Crippen LogP contribution in [0.15, 0.2) is 30.3 Å². The molecule has 2 atom stereocenters. The zero-order valence-corrected chi connectivity index (χ0v) is 13.8. The second-order valence-corrected chi connectivity index (χ2v) is 7.99. The molecule has 0 radical (unpaired) electrons. The van der Waals surface area contributed by atoms with Crippen LogP contribution in [0.5, 0.6) is 0 Å². The highest BCUT2D eigenvalue weighted by atomic mass is 16.2. The molecule has 3 saturated carbocycles. The van der Waals surface area contributed by atoms with Gasteiger partial charge in [0.05, 0.1) is 5.54 Å². The molecule has 0 aliphatic heterocycles. The lowest BCUT2D eigenvalue weighted by Crippen LogP contribution is -2.55. The van der Waals surface area contributed by atoms with E-state index in [1.165, 1.54) is 31.2 Å². The molecule has 124 valence electrons. The van der Waals surface area contributed by atoms with Crippen LogP contribution in [-0.2, 0) is 10.3 Å². The van der Waals surface area contributed by atoms with E-state index in [0.717, 1.165) is 25.7 Å². The lowest BCUT2D eigenvalue weighted by atomic mass is 9.64. The van der Waals surface area contributed by atoms with Crippen LogP contribution < -0.4 is 11.1 Å². The summed E-state index contributed by atoms with van der Waals surface area (Å²) in [7, 11) is 0. The molecule has 3 nitrogen and oxygen atoms in total. The molecule has 23 heavy (non-hydrogen) atoms. The lowest BCUT2D eigenvalue weighted by molar-refractivity contribution is -0.131. The third-order valence-electron chi connectivity index (χ3n) is 6.68. The summed E-state index contributed by atoms with van der Waals surface area (Å²) in [5, 5.41) is 3.44. The molecular formula is C20H28N2O. The minimum atomic E-state index is -0.104. The summed E-state index contributed by atoms with van der Waals surface area (Å²) >= 11 is 0. The third-order valence-corrected chi connectivity index (χ3v) is 6.68. The second-order valence-electron chi connectivity index (χ2n) is 7.99. The number of hydrogen-bond donors (Lipinski definition) is 2. The van der Waals surface area contributed by atoms with Crippen molar-refractivity contribution in [2.24, 2.45) is 23.5 Å². The Morgan fingerprint density at radius 1 is 1.04 bits per heavy atom. The first-order valence-electron chi connectivity index (χ1n) is 9.31. The molecule has 3 fully saturated rings. The Bertz CT molecular complexity index is 552. The highest BCUT2D eigenvalue weighted by Crippen LogP contribution is 2.44. The van der Waals surface area contributed by atoms with E-state index in [0.29, 0.717) is 17.9 Å². The Balaban J connectivity index is 1.47. The zero-order chi connectivity index (χ0) is 15.9. The van der Waals surface area contributed by atoms with Crippen LogP contribution in [0.3, 0.4) is 0 Å². The molecule has 3 aliphatic rings. The van der Waals surface area contributed by atoms with Gasteiger partial charge >= 0.3 is 0 Å². The van der Waals surface area contributed by atoms with Crippen LogP contribution in [-0.4, -0.2) is 11.9 Å². The largest absolute Gasteiger partial charge is 0.346 e. The summed E-state index contributed by atoms with van der Waals surface area (Å²) in [6.45, 7) is 0. The van der Waals surface area contributed by atoms with Crippen LogP contribution >= 0.6 is 0 Å². The predicted molar refractivity (Wildman–Crippen MR) is 91.6 cm³/mol. The van der Waals surface area contributed by atoms with Gasteiger partial charge in [-0.3, -0.25) is 4.79 Å². The number of nitrogens with one attached hydrogen (secondary N) is 1. The smallest absolute Gasteiger partial charge is 0.223 e. The van der Waals surface area contributed by atoms with Crippen LogP contribution in [0, 0.1) is 17.8 Å². The molecule has 3 N–H and O–H groups in total. The van der Waals surface area contributed by atoms with Crippen molar-refractivity contribution in [3.63, 3.8) is 0 Å². The minimum absolute atomic E-state index is 0.104. The molecule has 3 aliphatic carbocycles. The molecule has 2 unspecified atom stereocenters. The fourth-order valence-corrected chi connectivity index (χ4v) is 5.11. The number of nitrogens with two attached hydrogens (primary N) is 1. The van der Waals surface area contributed by atoms with Crippen molar-refractivity contribution in [3.05, 3.63) is 35.9 Å². The standard InChI is InChI=1S/C20H28N2O/c21-18-14-6-4-7-15(18)13-16(12-14)19(23)22-20(10-5-11-20)17-8-2-1-3-9-17/h1-3,8-9,14-16,18H,4-7,10-13,21H2,(H,22,23). The van der Waals surface area contributed by atoms with Crippen LogP contribution in [0.4, 0.5) is 0 Å². The first-order chi connectivity index (χ1) is 11.2. The van der Waals surface area contributed by atoms with Crippen molar-refractivity contribution >= 4 is 5.91 Å². The fourth-order valence-electron chi connectivity index (χ4n) is 5.11. The maximum atomic E-state index is 13.0. The number of carbonyl (C=O) groups is 1. The third kappa shape index (κ3) is 2.69. The topological polar surface area (TPSA) is 55.1 Å². The van der Waals surface area contributed by atoms with Gasteiger partial charge in [0.2, 0.25) is 5.91 Å². The Hall–Kier alpha value is -1.35. The van der Waals surface area contributed by atoms with Gasteiger partial charge < -0.3 is 11.1 Å². The van der Waals surface area contributed by atoms with Gasteiger partial charge in [0.15, 0.2) is 0 Å². The van der Waals surface area contributed by atoms with E-state index < -0.39 is 0 Å². The van der Waals surface area contributed by atoms with Crippen molar-refractivity contribution in [1.29, 1.82) is 0 Å². The van der Waals surface area contributed by atoms with Gasteiger partial charge in [-0.1, -0.05) is 36.8 Å². The van der Waals surface area contributed by atoms with Gasteiger partial charge in [-0.2, -0.15) is 0 Å². The molecule has 0 spiro atoms. The Morgan fingerprint density at radius 2 is 1.70 bits per heavy atom. The van der Waals surface area contributed by atoms with E-state index in [4.69, 9.17) is 5.73 Å². The monoisotopic (exact) mass is 312 g/mol. The van der Waals surface area contributed by atoms with Gasteiger partial charge in [-0.05, 0) is 62.3 Å². The van der Waals surface area contributed by atoms with E-state index >= 15 is 0 Å². The predicted octanol–water partition coefficient (Wildman–Crippen LogP) is 3.34. The normalized spacial score (nSPS) is 35.2. The van der Waals surface area contributed by atoms with Crippen molar-refractivity contribution in [2.75, 3.05) is 0 Å². The molecule has 3 heteroatoms. The Kier molecular flexibility index (Phi) is 3.92. The van der Waals surface area contributed by atoms with Gasteiger partial charge in [0, 0.05) is 12.0 Å². The molecule has 1 aromatic carbocycles. The quantitative estimate of drug-likeness (QED) is 0.899. The van der Waals surface area contributed by atoms with Crippen LogP contribution in [0.1, 0.15) is 56.9 Å². The van der Waals surface area contributed by atoms with E-state index in [9.17, 15) is 4.79 Å². The molecular weight excluding hydrogens is 284 g/mol. The number of rotatable bonds is 3. The zero-order valence-electron chi connectivity index (χ0n) is 13.8. The molecule has 4 rings (SSSR count). The molecule has 0 heterocycles. The summed E-state index contributed by atoms with van der Waals surface area (Å²) in [4.78, 5) is 13.0. The van der Waals surface area contributed by atoms with E-state index in [1.807, 2.05) is 6.07 Å². The highest BCUT2D eigenvalue weighted by Gasteiger charge is 2.44. The van der Waals surface area contributed by atoms with E-state index in [1.54, 1.807) is 0 Å². The van der Waals surface area contributed by atoms with Crippen LogP contribution in [0.25, 0.3) is 0 Å². The summed E-state index contributed by atoms with van der Waals surface area (Å²) in [5.74, 6) is 1.57. The summed E-state index contributed by atoms with van der Waals surface area (Å²) in [6, 6.07) is 10.8. The van der Waals surface area contributed by atoms with Crippen molar-refractivity contribution < 1.29 is 4.79 Å². The summed E-state index contributed by atoms with van der Waals surface area (Å²) in [5.41, 5.74) is 7.54. The molecule has 1 aromatic rings. The molecule has 0 aromatic heterocycles. The average Bonchev–Trinajstić information content (AvgIpc) is 2.51. The number of benzene rings is 1. The number of carbonyl (C=O) groups excluding carboxylic acids is 1. The maximum Gasteiger partial charge on any atom is 0.223 e. The second kappa shape index (κ2) is 5.94. The van der Waals surface area contributed by atoms with Crippen molar-refractivity contribution in [3.8, 4) is 0 Å². The Morgan fingerprint density at radius 3 is 2.26 bits per heavy atom. The number of hydrogen-bond acceptors (Lipinski definition) is 2.